The van der Waals surface area contributed by atoms with Crippen LogP contribution in [0, 0.1) is 0 Å². The molecule has 4 fully saturated rings. The van der Waals surface area contributed by atoms with Gasteiger partial charge in [0.05, 0.1) is 24.8 Å². The van der Waals surface area contributed by atoms with E-state index in [1.165, 1.54) is 0 Å². The molecule has 0 spiro atoms. The van der Waals surface area contributed by atoms with Gasteiger partial charge < -0.3 is 98.6 Å². The van der Waals surface area contributed by atoms with E-state index in [2.05, 4.69) is 0 Å². The first-order chi connectivity index (χ1) is 19.8. The lowest BCUT2D eigenvalue weighted by atomic mass is 9.84. The minimum Gasteiger partial charge on any atom is -0.394 e. The van der Waals surface area contributed by atoms with Crippen LogP contribution in [-0.4, -0.2) is 172 Å². The van der Waals surface area contributed by atoms with Crippen LogP contribution in [0.1, 0.15) is 6.42 Å². The van der Waals surface area contributed by atoms with Gasteiger partial charge in [0, 0.05) is 25.2 Å². The number of ether oxygens (including phenoxy) is 6. The summed E-state index contributed by atoms with van der Waals surface area (Å²) in [5.41, 5.74) is 35.6. The van der Waals surface area contributed by atoms with E-state index in [1.54, 1.807) is 0 Å². The van der Waals surface area contributed by atoms with Crippen LogP contribution in [-0.2, 0) is 28.4 Å². The van der Waals surface area contributed by atoms with Gasteiger partial charge in [-0.05, 0) is 6.42 Å². The number of rotatable bonds is 9. The minimum absolute atomic E-state index is 0.0889. The Morgan fingerprint density at radius 3 is 1.45 bits per heavy atom. The van der Waals surface area contributed by atoms with Gasteiger partial charge in [-0.3, -0.25) is 0 Å². The number of aliphatic hydroxyl groups is 7. The van der Waals surface area contributed by atoms with E-state index in [4.69, 9.17) is 62.8 Å². The van der Waals surface area contributed by atoms with Crippen LogP contribution in [0.15, 0.2) is 0 Å². The molecule has 19 atom stereocenters. The van der Waals surface area contributed by atoms with Gasteiger partial charge in [-0.15, -0.1) is 0 Å². The molecule has 19 nitrogen and oxygen atoms in total. The molecule has 0 aromatic carbocycles. The lowest BCUT2D eigenvalue weighted by molar-refractivity contribution is -0.306. The molecule has 0 amide bonds. The summed E-state index contributed by atoms with van der Waals surface area (Å²) in [6, 6.07) is -4.18. The zero-order valence-corrected chi connectivity index (χ0v) is 22.8. The van der Waals surface area contributed by atoms with E-state index in [0.29, 0.717) is 0 Å². The molecule has 19 heteroatoms. The fourth-order valence-electron chi connectivity index (χ4n) is 5.74. The van der Waals surface area contributed by atoms with Gasteiger partial charge in [-0.1, -0.05) is 0 Å². The van der Waals surface area contributed by atoms with Gasteiger partial charge in [0.15, 0.2) is 18.9 Å². The molecule has 2 unspecified atom stereocenters. The number of hydrogen-bond acceptors (Lipinski definition) is 19. The van der Waals surface area contributed by atoms with Crippen molar-refractivity contribution in [3.63, 3.8) is 0 Å². The highest BCUT2D eigenvalue weighted by Crippen LogP contribution is 2.34. The first-order valence-electron chi connectivity index (χ1n) is 13.9. The van der Waals surface area contributed by atoms with Crippen LogP contribution in [0.25, 0.3) is 0 Å². The molecule has 42 heavy (non-hydrogen) atoms. The largest absolute Gasteiger partial charge is 0.394 e. The molecule has 4 aliphatic rings. The van der Waals surface area contributed by atoms with Crippen LogP contribution in [0.2, 0.25) is 0 Å². The second kappa shape index (κ2) is 14.1. The Labute approximate surface area is 241 Å². The summed E-state index contributed by atoms with van der Waals surface area (Å²) in [6.07, 6.45) is -19.8. The molecule has 19 N–H and O–H groups in total. The summed E-state index contributed by atoms with van der Waals surface area (Å²) in [5.74, 6) is 0. The summed E-state index contributed by atoms with van der Waals surface area (Å²) in [7, 11) is 0. The van der Waals surface area contributed by atoms with Crippen LogP contribution in [0.3, 0.4) is 0 Å². The maximum Gasteiger partial charge on any atom is 0.187 e. The smallest absolute Gasteiger partial charge is 0.187 e. The lowest BCUT2D eigenvalue weighted by Gasteiger charge is -2.47. The minimum atomic E-state index is -1.60. The van der Waals surface area contributed by atoms with Gasteiger partial charge in [-0.25, -0.2) is 0 Å². The van der Waals surface area contributed by atoms with E-state index in [0.717, 1.165) is 0 Å². The van der Waals surface area contributed by atoms with Crippen LogP contribution >= 0.6 is 0 Å². The fraction of sp³-hybridized carbons (Fsp3) is 1.00. The average Bonchev–Trinajstić information content (AvgIpc) is 3.27. The quantitative estimate of drug-likeness (QED) is 0.115. The van der Waals surface area contributed by atoms with E-state index >= 15 is 0 Å². The highest BCUT2D eigenvalue weighted by Gasteiger charge is 2.54. The van der Waals surface area contributed by atoms with Crippen molar-refractivity contribution in [2.24, 2.45) is 34.4 Å². The van der Waals surface area contributed by atoms with Gasteiger partial charge in [0.25, 0.3) is 0 Å². The average molecular weight is 615 g/mol. The van der Waals surface area contributed by atoms with Crippen molar-refractivity contribution in [2.75, 3.05) is 19.7 Å². The second-order valence-electron chi connectivity index (χ2n) is 11.2. The van der Waals surface area contributed by atoms with Crippen LogP contribution in [0.4, 0.5) is 0 Å². The predicted molar refractivity (Wildman–Crippen MR) is 138 cm³/mol. The molecule has 0 radical (unpaired) electrons. The van der Waals surface area contributed by atoms with E-state index in [1.807, 2.05) is 0 Å². The second-order valence-corrected chi connectivity index (χ2v) is 11.2. The maximum absolute atomic E-state index is 11.1. The van der Waals surface area contributed by atoms with Gasteiger partial charge in [0.2, 0.25) is 0 Å². The third-order valence-electron chi connectivity index (χ3n) is 8.37. The third kappa shape index (κ3) is 6.60. The van der Waals surface area contributed by atoms with Crippen molar-refractivity contribution < 1.29 is 64.2 Å². The Morgan fingerprint density at radius 2 is 0.976 bits per heavy atom. The van der Waals surface area contributed by atoms with E-state index in [9.17, 15) is 35.7 Å². The summed E-state index contributed by atoms with van der Waals surface area (Å²) in [6.45, 7) is -0.967. The molecule has 0 aromatic rings. The Kier molecular flexibility index (Phi) is 11.5. The Balaban J connectivity index is 1.50. The van der Waals surface area contributed by atoms with Crippen molar-refractivity contribution in [1.29, 1.82) is 0 Å². The summed E-state index contributed by atoms with van der Waals surface area (Å²) >= 11 is 0. The zero-order chi connectivity index (χ0) is 31.0. The van der Waals surface area contributed by atoms with Crippen LogP contribution < -0.4 is 34.4 Å². The zero-order valence-electron chi connectivity index (χ0n) is 22.8. The number of aliphatic hydroxyl groups excluding tert-OH is 7. The topological polar surface area (TPSA) is 353 Å². The molecule has 0 aromatic heterocycles. The maximum atomic E-state index is 11.1. The third-order valence-corrected chi connectivity index (χ3v) is 8.37. The molecule has 3 saturated heterocycles. The molecule has 1 saturated carbocycles. The SMILES string of the molecule is NC[C@@H]1OC(O[C@@H]2[C@@H](CO)OC(O[C@@H]3[C@@H](O)[C@H](N)C[C@H](N)[C@H]3O[C@H]3O[C@H](CN)[C@@H](O)[C@H](O)[C@H]3N)[C@@H]2O)[C@H](N)[C@@H](O)[C@@H]1O. The first kappa shape index (κ1) is 34.1. The molecule has 3 heterocycles. The van der Waals surface area contributed by atoms with Gasteiger partial charge >= 0.3 is 0 Å². The Hall–Kier alpha value is -0.760. The summed E-state index contributed by atoms with van der Waals surface area (Å²) in [4.78, 5) is 0. The summed E-state index contributed by atoms with van der Waals surface area (Å²) < 4.78 is 34.6. The van der Waals surface area contributed by atoms with Gasteiger partial charge in [-0.2, -0.15) is 0 Å². The normalized spacial score (nSPS) is 53.8. The highest BCUT2D eigenvalue weighted by molar-refractivity contribution is 5.02. The van der Waals surface area contributed by atoms with E-state index < -0.39 is 123 Å². The standard InChI is InChI=1S/C23H46N6O13/c24-2-7-13(32)15(34)10(28)21(37-7)40-18-6(27)1-5(26)12(31)20(18)42-23-17(36)19(9(4-30)39-23)41-22-11(29)16(35)14(33)8(3-25)38-22/h5-23,30-36H,1-4,24-29H2/t5-,6+,7-,8+,9-,10-,11-,12+,13-,14-,15-,16-,17-,18-,19-,20-,21-,22?,23?/m1/s1. The van der Waals surface area contributed by atoms with E-state index in [-0.39, 0.29) is 19.5 Å². The van der Waals surface area contributed by atoms with Gasteiger partial charge in [0.1, 0.15) is 67.1 Å². The Bertz CT molecular complexity index is 868. The fourth-order valence-corrected chi connectivity index (χ4v) is 5.74. The molecule has 1 aliphatic carbocycles. The van der Waals surface area contributed by atoms with Crippen molar-refractivity contribution in [3.8, 4) is 0 Å². The Morgan fingerprint density at radius 1 is 0.524 bits per heavy atom. The molecule has 3 aliphatic heterocycles. The van der Waals surface area contributed by atoms with Crippen molar-refractivity contribution in [1.82, 2.24) is 0 Å². The molecular weight excluding hydrogens is 568 g/mol. The monoisotopic (exact) mass is 614 g/mol. The van der Waals surface area contributed by atoms with Crippen LogP contribution in [0.5, 0.6) is 0 Å². The summed E-state index contributed by atoms with van der Waals surface area (Å²) in [5, 5.41) is 73.0. The first-order valence-corrected chi connectivity index (χ1v) is 13.9. The highest BCUT2D eigenvalue weighted by atomic mass is 16.8. The van der Waals surface area contributed by atoms with Crippen molar-refractivity contribution >= 4 is 0 Å². The number of nitrogens with two attached hydrogens (primary N) is 6. The molecule has 4 rings (SSSR count). The molecular formula is C23H46N6O13. The number of hydrogen-bond donors (Lipinski definition) is 13. The van der Waals surface area contributed by atoms with Crippen molar-refractivity contribution in [3.05, 3.63) is 0 Å². The lowest BCUT2D eigenvalue weighted by Crippen LogP contribution is -2.68. The predicted octanol–water partition coefficient (Wildman–Crippen LogP) is -8.90. The molecule has 246 valence electrons. The van der Waals surface area contributed by atoms with Crippen molar-refractivity contribution in [2.45, 2.75) is 123 Å². The molecule has 0 bridgehead atoms.